The van der Waals surface area contributed by atoms with Gasteiger partial charge in [0, 0.05) is 29.7 Å². The highest BCUT2D eigenvalue weighted by atomic mass is 79.9. The summed E-state index contributed by atoms with van der Waals surface area (Å²) in [6, 6.07) is 1.75. The van der Waals surface area contributed by atoms with E-state index in [1.54, 1.807) is 17.3 Å². The Morgan fingerprint density at radius 1 is 1.64 bits per heavy atom. The molecule has 0 saturated carbocycles. The lowest BCUT2D eigenvalue weighted by Crippen LogP contribution is -2.28. The third-order valence-corrected chi connectivity index (χ3v) is 2.86. The lowest BCUT2D eigenvalue weighted by Gasteiger charge is -2.16. The summed E-state index contributed by atoms with van der Waals surface area (Å²) in [5.74, 6) is 0.0613. The fourth-order valence-electron chi connectivity index (χ4n) is 1.54. The van der Waals surface area contributed by atoms with Crippen molar-refractivity contribution in [2.45, 2.75) is 12.5 Å². The summed E-state index contributed by atoms with van der Waals surface area (Å²) >= 11 is 3.38. The first-order chi connectivity index (χ1) is 6.68. The third kappa shape index (κ3) is 1.65. The van der Waals surface area contributed by atoms with Gasteiger partial charge in [-0.05, 0) is 22.0 Å². The molecule has 1 aromatic heterocycles. The fraction of sp³-hybridized carbons (Fsp3) is 0.333. The molecule has 4 nitrogen and oxygen atoms in total. The van der Waals surface area contributed by atoms with Crippen molar-refractivity contribution in [1.82, 2.24) is 4.98 Å². The van der Waals surface area contributed by atoms with Crippen LogP contribution in [-0.4, -0.2) is 23.5 Å². The van der Waals surface area contributed by atoms with Crippen molar-refractivity contribution in [2.75, 3.05) is 11.4 Å². The Bertz CT molecular complexity index is 369. The van der Waals surface area contributed by atoms with Crippen LogP contribution in [0.25, 0.3) is 0 Å². The van der Waals surface area contributed by atoms with Crippen LogP contribution < -0.4 is 10.6 Å². The number of halogens is 1. The Morgan fingerprint density at radius 3 is 3.00 bits per heavy atom. The zero-order chi connectivity index (χ0) is 10.1. The van der Waals surface area contributed by atoms with Gasteiger partial charge in [-0.15, -0.1) is 0 Å². The summed E-state index contributed by atoms with van der Waals surface area (Å²) in [5, 5.41) is 0. The van der Waals surface area contributed by atoms with Gasteiger partial charge in [-0.2, -0.15) is 0 Å². The van der Waals surface area contributed by atoms with Gasteiger partial charge in [0.05, 0.1) is 11.9 Å². The van der Waals surface area contributed by atoms with Crippen molar-refractivity contribution in [3.8, 4) is 0 Å². The maximum atomic E-state index is 11.5. The van der Waals surface area contributed by atoms with Crippen LogP contribution in [0.5, 0.6) is 0 Å². The minimum atomic E-state index is -0.0605. The van der Waals surface area contributed by atoms with Crippen LogP contribution in [-0.2, 0) is 4.79 Å². The average molecular weight is 256 g/mol. The number of nitrogens with two attached hydrogens (primary N) is 1. The average Bonchev–Trinajstić information content (AvgIpc) is 2.46. The molecular weight excluding hydrogens is 246 g/mol. The van der Waals surface area contributed by atoms with Gasteiger partial charge in [0.15, 0.2) is 0 Å². The minimum Gasteiger partial charge on any atom is -0.326 e. The van der Waals surface area contributed by atoms with Crippen LogP contribution in [0.1, 0.15) is 6.42 Å². The van der Waals surface area contributed by atoms with Crippen LogP contribution in [0.3, 0.4) is 0 Å². The summed E-state index contributed by atoms with van der Waals surface area (Å²) in [7, 11) is 0. The van der Waals surface area contributed by atoms with E-state index < -0.39 is 0 Å². The van der Waals surface area contributed by atoms with Crippen molar-refractivity contribution in [2.24, 2.45) is 5.73 Å². The molecule has 2 N–H and O–H groups in total. The molecule has 0 aliphatic carbocycles. The van der Waals surface area contributed by atoms with Crippen LogP contribution in [0.4, 0.5) is 5.69 Å². The number of rotatable bonds is 1. The third-order valence-electron chi connectivity index (χ3n) is 2.19. The molecule has 1 atom stereocenters. The molecule has 0 radical (unpaired) electrons. The topological polar surface area (TPSA) is 59.2 Å². The van der Waals surface area contributed by atoms with Crippen LogP contribution in [0.15, 0.2) is 22.9 Å². The molecule has 14 heavy (non-hydrogen) atoms. The molecule has 1 fully saturated rings. The highest BCUT2D eigenvalue weighted by Gasteiger charge is 2.29. The van der Waals surface area contributed by atoms with Crippen LogP contribution in [0, 0.1) is 0 Å². The normalized spacial score (nSPS) is 21.7. The number of aromatic nitrogens is 1. The van der Waals surface area contributed by atoms with E-state index in [1.165, 1.54) is 0 Å². The van der Waals surface area contributed by atoms with Gasteiger partial charge in [0.2, 0.25) is 5.91 Å². The smallest absolute Gasteiger partial charge is 0.228 e. The second-order valence-corrected chi connectivity index (χ2v) is 4.15. The molecule has 1 aliphatic rings. The molecule has 2 heterocycles. The number of pyridine rings is 1. The van der Waals surface area contributed by atoms with E-state index in [-0.39, 0.29) is 11.9 Å². The summed E-state index contributed by atoms with van der Waals surface area (Å²) in [4.78, 5) is 17.2. The van der Waals surface area contributed by atoms with Gasteiger partial charge < -0.3 is 10.6 Å². The second kappa shape index (κ2) is 3.67. The number of carbonyl (C=O) groups excluding carboxylic acids is 1. The number of carbonyl (C=O) groups is 1. The molecule has 1 saturated heterocycles. The number of anilines is 1. The molecule has 1 unspecified atom stereocenters. The van der Waals surface area contributed by atoms with E-state index >= 15 is 0 Å². The highest BCUT2D eigenvalue weighted by molar-refractivity contribution is 9.10. The lowest BCUT2D eigenvalue weighted by atomic mass is 10.3. The van der Waals surface area contributed by atoms with E-state index in [9.17, 15) is 4.79 Å². The number of hydrogen-bond acceptors (Lipinski definition) is 3. The van der Waals surface area contributed by atoms with Gasteiger partial charge in [-0.25, -0.2) is 0 Å². The Kier molecular flexibility index (Phi) is 2.52. The molecule has 5 heteroatoms. The van der Waals surface area contributed by atoms with Gasteiger partial charge in [0.1, 0.15) is 0 Å². The molecule has 0 aromatic carbocycles. The number of amides is 1. The summed E-state index contributed by atoms with van der Waals surface area (Å²) in [6.45, 7) is 0.573. The van der Waals surface area contributed by atoms with Gasteiger partial charge >= 0.3 is 0 Å². The van der Waals surface area contributed by atoms with Crippen molar-refractivity contribution >= 4 is 27.5 Å². The summed E-state index contributed by atoms with van der Waals surface area (Å²) < 4.78 is 0.870. The molecular formula is C9H10BrN3O. The Labute approximate surface area is 90.2 Å². The van der Waals surface area contributed by atoms with Gasteiger partial charge in [-0.3, -0.25) is 9.78 Å². The maximum absolute atomic E-state index is 11.5. The second-order valence-electron chi connectivity index (χ2n) is 3.30. The fourth-order valence-corrected chi connectivity index (χ4v) is 1.97. The first kappa shape index (κ1) is 9.61. The van der Waals surface area contributed by atoms with Gasteiger partial charge in [0.25, 0.3) is 0 Å². The largest absolute Gasteiger partial charge is 0.326 e. The Hall–Kier alpha value is -0.940. The first-order valence-corrected chi connectivity index (χ1v) is 5.13. The predicted molar refractivity (Wildman–Crippen MR) is 56.9 cm³/mol. The summed E-state index contributed by atoms with van der Waals surface area (Å²) in [6.07, 6.45) is 3.76. The van der Waals surface area contributed by atoms with E-state index in [1.807, 2.05) is 6.07 Å². The molecule has 0 bridgehead atoms. The molecule has 74 valence electrons. The molecule has 1 aromatic rings. The van der Waals surface area contributed by atoms with E-state index in [0.29, 0.717) is 13.0 Å². The van der Waals surface area contributed by atoms with E-state index in [0.717, 1.165) is 10.2 Å². The zero-order valence-corrected chi connectivity index (χ0v) is 9.07. The molecule has 1 amide bonds. The van der Waals surface area contributed by atoms with Crippen LogP contribution in [0.2, 0.25) is 0 Å². The molecule has 0 spiro atoms. The molecule has 2 rings (SSSR count). The first-order valence-electron chi connectivity index (χ1n) is 4.34. The van der Waals surface area contributed by atoms with E-state index in [2.05, 4.69) is 20.9 Å². The Morgan fingerprint density at radius 2 is 2.43 bits per heavy atom. The summed E-state index contributed by atoms with van der Waals surface area (Å²) in [5.41, 5.74) is 6.50. The van der Waals surface area contributed by atoms with E-state index in [4.69, 9.17) is 5.73 Å². The SMILES string of the molecule is NC1CC(=O)N(c2cnccc2Br)C1. The number of nitrogens with zero attached hydrogens (tertiary/aromatic N) is 2. The quantitative estimate of drug-likeness (QED) is 0.812. The monoisotopic (exact) mass is 255 g/mol. The number of hydrogen-bond donors (Lipinski definition) is 1. The zero-order valence-electron chi connectivity index (χ0n) is 7.48. The lowest BCUT2D eigenvalue weighted by molar-refractivity contribution is -0.117. The van der Waals surface area contributed by atoms with Crippen molar-refractivity contribution < 1.29 is 4.79 Å². The van der Waals surface area contributed by atoms with Crippen LogP contribution >= 0.6 is 15.9 Å². The Balaban J connectivity index is 2.32. The van der Waals surface area contributed by atoms with Crippen molar-refractivity contribution in [1.29, 1.82) is 0 Å². The molecule has 1 aliphatic heterocycles. The predicted octanol–water partition coefficient (Wildman–Crippen LogP) is 0.908. The maximum Gasteiger partial charge on any atom is 0.228 e. The van der Waals surface area contributed by atoms with Crippen molar-refractivity contribution in [3.63, 3.8) is 0 Å². The van der Waals surface area contributed by atoms with Gasteiger partial charge in [-0.1, -0.05) is 0 Å². The highest BCUT2D eigenvalue weighted by Crippen LogP contribution is 2.27. The standard InChI is InChI=1S/C9H10BrN3O/c10-7-1-2-12-4-8(7)13-5-6(11)3-9(13)14/h1-2,4,6H,3,5,11H2. The minimum absolute atomic E-state index is 0.0605. The van der Waals surface area contributed by atoms with Crippen molar-refractivity contribution in [3.05, 3.63) is 22.9 Å².